The van der Waals surface area contributed by atoms with Gasteiger partial charge in [-0.3, -0.25) is 39.0 Å². The summed E-state index contributed by atoms with van der Waals surface area (Å²) in [5.74, 6) is 0.0115. The number of nitrogens with one attached hydrogen (secondary N) is 3. The first kappa shape index (κ1) is 48.6. The van der Waals surface area contributed by atoms with Crippen LogP contribution in [0.2, 0.25) is 0 Å². The third-order valence-corrected chi connectivity index (χ3v) is 14.1. The van der Waals surface area contributed by atoms with E-state index in [1.165, 1.54) is 6.42 Å². The molecule has 71 heavy (non-hydrogen) atoms. The van der Waals surface area contributed by atoms with Crippen LogP contribution in [0.5, 0.6) is 0 Å². The number of nitrogen functional groups attached to an aromatic ring is 1. The normalized spacial score (nSPS) is 20.5. The monoisotopic (exact) mass is 964 g/mol. The molecule has 4 atom stereocenters. The molecule has 6 heterocycles. The highest BCUT2D eigenvalue weighted by molar-refractivity contribution is 6.23. The van der Waals surface area contributed by atoms with Crippen LogP contribution in [0.1, 0.15) is 123 Å². The van der Waals surface area contributed by atoms with Crippen LogP contribution in [0.4, 0.5) is 17.3 Å². The van der Waals surface area contributed by atoms with Crippen molar-refractivity contribution in [3.05, 3.63) is 95.3 Å². The van der Waals surface area contributed by atoms with E-state index in [9.17, 15) is 28.8 Å². The first-order chi connectivity index (χ1) is 34.1. The molecule has 2 aromatic carbocycles. The summed E-state index contributed by atoms with van der Waals surface area (Å²) in [5.41, 5.74) is 11.2. The quantitative estimate of drug-likeness (QED) is 0.0937. The van der Waals surface area contributed by atoms with Crippen molar-refractivity contribution in [2.45, 2.75) is 109 Å². The number of anilines is 3. The fourth-order valence-electron chi connectivity index (χ4n) is 10.3. The van der Waals surface area contributed by atoms with Gasteiger partial charge in [0.25, 0.3) is 17.5 Å². The van der Waals surface area contributed by atoms with Crippen LogP contribution >= 0.6 is 0 Å². The van der Waals surface area contributed by atoms with Gasteiger partial charge in [0.1, 0.15) is 11.8 Å². The Hall–Kier alpha value is -7.39. The molecule has 370 valence electrons. The van der Waals surface area contributed by atoms with E-state index in [0.29, 0.717) is 60.5 Å². The van der Waals surface area contributed by atoms with Crippen molar-refractivity contribution in [3.63, 3.8) is 0 Å². The Bertz CT molecular complexity index is 2880. The number of rotatable bonds is 16. The van der Waals surface area contributed by atoms with Gasteiger partial charge in [0.15, 0.2) is 17.3 Å². The predicted molar refractivity (Wildman–Crippen MR) is 265 cm³/mol. The van der Waals surface area contributed by atoms with Gasteiger partial charge in [0.2, 0.25) is 29.1 Å². The van der Waals surface area contributed by atoms with Gasteiger partial charge in [-0.1, -0.05) is 63.9 Å². The molecule has 3 aromatic heterocycles. The maximum atomic E-state index is 13.6. The summed E-state index contributed by atoms with van der Waals surface area (Å²) in [6.45, 7) is 11.8. The van der Waals surface area contributed by atoms with Gasteiger partial charge < -0.3 is 30.7 Å². The molecular weight excluding hydrogens is 903 g/mol. The highest BCUT2D eigenvalue weighted by Gasteiger charge is 2.45. The highest BCUT2D eigenvalue weighted by atomic mass is 16.5. The van der Waals surface area contributed by atoms with E-state index in [2.05, 4.69) is 60.2 Å². The minimum Gasteiger partial charge on any atom is -0.380 e. The van der Waals surface area contributed by atoms with E-state index in [-0.39, 0.29) is 59.6 Å². The zero-order chi connectivity index (χ0) is 50.0. The van der Waals surface area contributed by atoms with Crippen LogP contribution in [0, 0.1) is 18.2 Å². The van der Waals surface area contributed by atoms with E-state index in [1.807, 2.05) is 57.2 Å². The van der Waals surface area contributed by atoms with Crippen molar-refractivity contribution in [1.29, 1.82) is 0 Å². The summed E-state index contributed by atoms with van der Waals surface area (Å²) >= 11 is 0. The number of aromatic nitrogens is 4. The minimum atomic E-state index is -1.02. The molecule has 0 spiro atoms. The minimum absolute atomic E-state index is 0.0614. The Labute approximate surface area is 412 Å². The number of benzene rings is 2. The van der Waals surface area contributed by atoms with E-state index >= 15 is 0 Å². The molecule has 3 fully saturated rings. The first-order valence-electron chi connectivity index (χ1n) is 24.8. The molecule has 1 aliphatic carbocycles. The molecule has 1 unspecified atom stereocenters. The Morgan fingerprint density at radius 2 is 1.80 bits per heavy atom. The zero-order valence-corrected chi connectivity index (χ0v) is 40.8. The lowest BCUT2D eigenvalue weighted by molar-refractivity contribution is -0.277. The third-order valence-electron chi connectivity index (χ3n) is 14.1. The summed E-state index contributed by atoms with van der Waals surface area (Å²) < 4.78 is 7.20. The molecule has 0 radical (unpaired) electrons. The number of carbonyl (C=O) groups is 6. The van der Waals surface area contributed by atoms with Crippen LogP contribution < -0.4 is 31.6 Å². The lowest BCUT2D eigenvalue weighted by Gasteiger charge is -2.28. The maximum absolute atomic E-state index is 13.6. The molecule has 9 rings (SSSR count). The molecule has 2 saturated heterocycles. The molecule has 1 saturated carbocycles. The van der Waals surface area contributed by atoms with Gasteiger partial charge in [-0.2, -0.15) is 0 Å². The second kappa shape index (κ2) is 20.5. The molecule has 3 aliphatic heterocycles. The van der Waals surface area contributed by atoms with Crippen molar-refractivity contribution in [2.24, 2.45) is 11.8 Å². The summed E-state index contributed by atoms with van der Waals surface area (Å²) in [5, 5.41) is 12.3. The Kier molecular flexibility index (Phi) is 14.1. The van der Waals surface area contributed by atoms with Gasteiger partial charge in [-0.25, -0.2) is 4.98 Å². The van der Waals surface area contributed by atoms with Gasteiger partial charge >= 0.3 is 6.33 Å². The second-order valence-corrected chi connectivity index (χ2v) is 20.6. The zero-order valence-electron chi connectivity index (χ0n) is 40.8. The highest BCUT2D eigenvalue weighted by Crippen LogP contribution is 2.33. The first-order valence-corrected chi connectivity index (χ1v) is 24.8. The topological polar surface area (TPSA) is 232 Å². The number of fused-ring (bicyclic) bond motifs is 2. The molecule has 18 nitrogen and oxygen atoms in total. The number of imide groups is 2. The van der Waals surface area contributed by atoms with Crippen LogP contribution in [0.3, 0.4) is 0 Å². The lowest BCUT2D eigenvalue weighted by atomic mass is 9.87. The molecule has 5 N–H and O–H groups in total. The van der Waals surface area contributed by atoms with Crippen molar-refractivity contribution < 1.29 is 38.3 Å². The summed E-state index contributed by atoms with van der Waals surface area (Å²) in [7, 11) is 0. The van der Waals surface area contributed by atoms with Crippen LogP contribution in [-0.4, -0.2) is 105 Å². The summed E-state index contributed by atoms with van der Waals surface area (Å²) in [6, 6.07) is 13.8. The molecule has 18 heteroatoms. The van der Waals surface area contributed by atoms with E-state index in [0.717, 1.165) is 72.7 Å². The van der Waals surface area contributed by atoms with Gasteiger partial charge in [-0.15, -0.1) is 9.38 Å². The SMILES string of the molecule is C[C@@H]1CCC[C@@H](NC(=O)CCN(CC/C=C/c2cnc(N)c3c(-c4ccc(CC(=O)Nc5cc(C(C)(C)C)on5)cc4)[n+]#cn23)C[C@H]2CCN(c3ccc4c(c3)C(=O)N(C3CCC(=O)NC3=O)C4=O)C2)C1. The number of nitrogens with zero attached hydrogens (tertiary/aromatic N) is 7. The van der Waals surface area contributed by atoms with Crippen molar-refractivity contribution >= 4 is 64.4 Å². The van der Waals surface area contributed by atoms with Crippen molar-refractivity contribution in [3.8, 4) is 11.3 Å². The molecule has 4 aliphatic rings. The smallest absolute Gasteiger partial charge is 0.380 e. The number of piperidine rings is 1. The van der Waals surface area contributed by atoms with Gasteiger partial charge in [-0.05, 0) is 85.9 Å². The Balaban J connectivity index is 0.837. The molecule has 6 amide bonds. The summed E-state index contributed by atoms with van der Waals surface area (Å²) in [4.78, 5) is 92.1. The maximum Gasteiger partial charge on any atom is 0.389 e. The van der Waals surface area contributed by atoms with Crippen LogP contribution in [0.25, 0.3) is 22.9 Å². The number of hydrogen-bond donors (Lipinski definition) is 4. The number of hydrogen-bond acceptors (Lipinski definition) is 12. The molecule has 0 bridgehead atoms. The van der Waals surface area contributed by atoms with E-state index in [1.54, 1.807) is 28.8 Å². The van der Waals surface area contributed by atoms with Crippen LogP contribution in [0.15, 0.2) is 65.3 Å². The molecule has 5 aromatic rings. The van der Waals surface area contributed by atoms with Crippen LogP contribution in [-0.2, 0) is 31.0 Å². The van der Waals surface area contributed by atoms with Crippen molar-refractivity contribution in [1.82, 2.24) is 35.0 Å². The van der Waals surface area contributed by atoms with Crippen molar-refractivity contribution in [2.75, 3.05) is 48.7 Å². The number of amides is 6. The van der Waals surface area contributed by atoms with Gasteiger partial charge in [0, 0.05) is 74.3 Å². The summed E-state index contributed by atoms with van der Waals surface area (Å²) in [6.07, 6.45) is 15.5. The largest absolute Gasteiger partial charge is 0.389 e. The van der Waals surface area contributed by atoms with E-state index in [4.69, 9.17) is 10.3 Å². The second-order valence-electron chi connectivity index (χ2n) is 20.6. The Morgan fingerprint density at radius 3 is 2.56 bits per heavy atom. The van der Waals surface area contributed by atoms with Gasteiger partial charge in [0.05, 0.1) is 23.7 Å². The lowest BCUT2D eigenvalue weighted by Crippen LogP contribution is -2.54. The van der Waals surface area contributed by atoms with E-state index < -0.39 is 29.7 Å². The Morgan fingerprint density at radius 1 is 1.00 bits per heavy atom. The average molecular weight is 965 g/mol. The number of carbonyl (C=O) groups excluding carboxylic acids is 6. The predicted octanol–water partition coefficient (Wildman–Crippen LogP) is 5.17. The standard InChI is InChI=1S/C53H61N11O7/c1-32-8-7-9-36(24-32)57-45(66)20-22-61(29-34-19-23-62(30-34)37-15-16-39-40(26-37)52(70)64(51(39)69)41-17-18-44(65)59-50(41)68)21-6-5-10-38-28-55-49(54)48-47(56-31-63(38)48)35-13-11-33(12-14-35)25-46(67)58-43-27-42(71-60-43)53(2,3)4/h5,10-16,26-28,32,34,36,41H,6-9,17-25,29-30H2,1-4H3,(H4-,54,55,57,58,59,60,65,66,67,68)/p+1/b10-5+/t32-,34-,36-,41?/m1/s1. The third kappa shape index (κ3) is 11.0. The average Bonchev–Trinajstić information content (AvgIpc) is 4.15. The fraction of sp³-hybridized carbons (Fsp3) is 0.453. The molecular formula is C53H62N11O7+. The fourth-order valence-corrected chi connectivity index (χ4v) is 10.3. The number of nitrogens with two attached hydrogens (primary N) is 1.